The third-order valence-corrected chi connectivity index (χ3v) is 3.26. The largest absolute Gasteiger partial charge is 0.348 e. The number of aromatic amines is 1. The Balaban J connectivity index is 2.06. The van der Waals surface area contributed by atoms with Gasteiger partial charge in [-0.15, -0.1) is 0 Å². The highest BCUT2D eigenvalue weighted by Gasteiger charge is 2.21. The van der Waals surface area contributed by atoms with Crippen molar-refractivity contribution in [3.05, 3.63) is 53.6 Å². The van der Waals surface area contributed by atoms with E-state index in [1.807, 2.05) is 6.20 Å². The molecule has 1 aliphatic carbocycles. The minimum atomic E-state index is 0.525. The number of hydrogen-bond acceptors (Lipinski definition) is 1. The van der Waals surface area contributed by atoms with Crippen molar-refractivity contribution in [1.29, 1.82) is 0 Å². The quantitative estimate of drug-likeness (QED) is 0.750. The molecule has 1 N–H and O–H groups in total. The maximum absolute atomic E-state index is 4.11. The van der Waals surface area contributed by atoms with Crippen LogP contribution in [0.4, 0.5) is 0 Å². The molecule has 0 bridgehead atoms. The average molecular weight is 198 g/mol. The Morgan fingerprint density at radius 3 is 3.07 bits per heavy atom. The first-order valence-corrected chi connectivity index (χ1v) is 5.51. The molecule has 1 aromatic carbocycles. The Bertz CT molecular complexity index is 445. The van der Waals surface area contributed by atoms with E-state index in [9.17, 15) is 0 Å². The van der Waals surface area contributed by atoms with Gasteiger partial charge in [-0.2, -0.15) is 0 Å². The lowest BCUT2D eigenvalue weighted by atomic mass is 9.81. The van der Waals surface area contributed by atoms with Gasteiger partial charge in [-0.25, -0.2) is 4.98 Å². The van der Waals surface area contributed by atoms with Gasteiger partial charge in [-0.1, -0.05) is 24.3 Å². The first-order chi connectivity index (χ1) is 7.45. The van der Waals surface area contributed by atoms with Gasteiger partial charge in [-0.3, -0.25) is 0 Å². The number of hydrogen-bond donors (Lipinski definition) is 1. The standard InChI is InChI=1S/C13H14N2/c1-2-6-11-10(4-1)5-3-7-12(11)13-8-14-9-15-13/h1-2,4,6,8-9,12H,3,5,7H2,(H,14,15)/t12-/m0/s1. The van der Waals surface area contributed by atoms with Gasteiger partial charge in [0.05, 0.1) is 6.33 Å². The number of imidazole rings is 1. The molecule has 15 heavy (non-hydrogen) atoms. The number of aromatic nitrogens is 2. The van der Waals surface area contributed by atoms with Crippen molar-refractivity contribution in [2.75, 3.05) is 0 Å². The van der Waals surface area contributed by atoms with Crippen molar-refractivity contribution in [3.8, 4) is 0 Å². The van der Waals surface area contributed by atoms with Crippen molar-refractivity contribution in [3.63, 3.8) is 0 Å². The highest BCUT2D eigenvalue weighted by Crippen LogP contribution is 2.35. The predicted octanol–water partition coefficient (Wildman–Crippen LogP) is 2.88. The van der Waals surface area contributed by atoms with Gasteiger partial charge >= 0.3 is 0 Å². The van der Waals surface area contributed by atoms with Crippen molar-refractivity contribution < 1.29 is 0 Å². The van der Waals surface area contributed by atoms with E-state index in [0.717, 1.165) is 0 Å². The fourth-order valence-electron chi connectivity index (χ4n) is 2.53. The van der Waals surface area contributed by atoms with Gasteiger partial charge in [0, 0.05) is 17.8 Å². The first kappa shape index (κ1) is 8.72. The van der Waals surface area contributed by atoms with Crippen LogP contribution in [-0.2, 0) is 6.42 Å². The van der Waals surface area contributed by atoms with Gasteiger partial charge in [0.15, 0.2) is 0 Å². The lowest BCUT2D eigenvalue weighted by molar-refractivity contribution is 0.606. The molecule has 0 amide bonds. The normalized spacial score (nSPS) is 19.9. The number of rotatable bonds is 1. The molecule has 2 aromatic rings. The van der Waals surface area contributed by atoms with Crippen molar-refractivity contribution in [1.82, 2.24) is 9.97 Å². The van der Waals surface area contributed by atoms with Crippen LogP contribution in [0.5, 0.6) is 0 Å². The Morgan fingerprint density at radius 2 is 2.20 bits per heavy atom. The molecule has 0 fully saturated rings. The second-order valence-corrected chi connectivity index (χ2v) is 4.15. The van der Waals surface area contributed by atoms with Crippen LogP contribution in [0, 0.1) is 0 Å². The van der Waals surface area contributed by atoms with E-state index < -0.39 is 0 Å². The second kappa shape index (κ2) is 3.54. The Morgan fingerprint density at radius 1 is 1.27 bits per heavy atom. The molecule has 1 heterocycles. The molecule has 2 nitrogen and oxygen atoms in total. The fourth-order valence-corrected chi connectivity index (χ4v) is 2.53. The highest BCUT2D eigenvalue weighted by molar-refractivity contribution is 5.37. The van der Waals surface area contributed by atoms with E-state index in [4.69, 9.17) is 0 Å². The molecule has 2 heteroatoms. The zero-order valence-corrected chi connectivity index (χ0v) is 8.61. The van der Waals surface area contributed by atoms with Gasteiger partial charge < -0.3 is 4.98 Å². The summed E-state index contributed by atoms with van der Waals surface area (Å²) >= 11 is 0. The van der Waals surface area contributed by atoms with Crippen LogP contribution >= 0.6 is 0 Å². The smallest absolute Gasteiger partial charge is 0.0921 e. The number of nitrogens with one attached hydrogen (secondary N) is 1. The Kier molecular flexibility index (Phi) is 2.05. The molecular formula is C13H14N2. The maximum atomic E-state index is 4.11. The molecule has 0 saturated heterocycles. The number of nitrogens with zero attached hydrogens (tertiary/aromatic N) is 1. The molecule has 3 rings (SSSR count). The van der Waals surface area contributed by atoms with E-state index >= 15 is 0 Å². The summed E-state index contributed by atoms with van der Waals surface area (Å²) in [4.78, 5) is 7.35. The summed E-state index contributed by atoms with van der Waals surface area (Å²) in [5.74, 6) is 0.525. The fraction of sp³-hybridized carbons (Fsp3) is 0.308. The second-order valence-electron chi connectivity index (χ2n) is 4.15. The van der Waals surface area contributed by atoms with Gasteiger partial charge in [-0.05, 0) is 30.4 Å². The number of benzene rings is 1. The van der Waals surface area contributed by atoms with E-state index in [0.29, 0.717) is 5.92 Å². The van der Waals surface area contributed by atoms with Crippen molar-refractivity contribution in [2.24, 2.45) is 0 Å². The van der Waals surface area contributed by atoms with E-state index in [-0.39, 0.29) is 0 Å². The molecule has 0 radical (unpaired) electrons. The minimum Gasteiger partial charge on any atom is -0.348 e. The number of aryl methyl sites for hydroxylation is 1. The first-order valence-electron chi connectivity index (χ1n) is 5.51. The third kappa shape index (κ3) is 1.46. The monoisotopic (exact) mass is 198 g/mol. The van der Waals surface area contributed by atoms with Crippen LogP contribution in [0.2, 0.25) is 0 Å². The zero-order valence-electron chi connectivity index (χ0n) is 8.61. The molecule has 1 aromatic heterocycles. The lowest BCUT2D eigenvalue weighted by Gasteiger charge is -2.24. The summed E-state index contributed by atoms with van der Waals surface area (Å²) in [6.45, 7) is 0. The molecule has 0 spiro atoms. The Hall–Kier alpha value is -1.57. The molecule has 0 aliphatic heterocycles. The van der Waals surface area contributed by atoms with Crippen LogP contribution < -0.4 is 0 Å². The van der Waals surface area contributed by atoms with Crippen molar-refractivity contribution >= 4 is 0 Å². The highest BCUT2D eigenvalue weighted by atomic mass is 14.9. The number of fused-ring (bicyclic) bond motifs is 1. The van der Waals surface area contributed by atoms with Gasteiger partial charge in [0.2, 0.25) is 0 Å². The average Bonchev–Trinajstić information content (AvgIpc) is 2.82. The van der Waals surface area contributed by atoms with Crippen LogP contribution in [0.3, 0.4) is 0 Å². The maximum Gasteiger partial charge on any atom is 0.0921 e. The molecule has 1 aliphatic rings. The Labute approximate surface area is 89.4 Å². The summed E-state index contributed by atoms with van der Waals surface area (Å²) in [6, 6.07) is 8.76. The molecule has 76 valence electrons. The van der Waals surface area contributed by atoms with Crippen LogP contribution in [0.15, 0.2) is 36.8 Å². The van der Waals surface area contributed by atoms with Crippen LogP contribution in [0.25, 0.3) is 0 Å². The summed E-state index contributed by atoms with van der Waals surface area (Å²) in [6.07, 6.45) is 7.46. The SMILES string of the molecule is c1ccc2c(c1)CCC[C@@H]2c1cnc[nH]1. The minimum absolute atomic E-state index is 0.525. The number of H-pyrrole nitrogens is 1. The predicted molar refractivity (Wildman–Crippen MR) is 59.8 cm³/mol. The van der Waals surface area contributed by atoms with E-state index in [2.05, 4.69) is 34.2 Å². The summed E-state index contributed by atoms with van der Waals surface area (Å²) < 4.78 is 0. The zero-order chi connectivity index (χ0) is 10.1. The van der Waals surface area contributed by atoms with E-state index in [1.54, 1.807) is 6.33 Å². The molecule has 1 atom stereocenters. The lowest BCUT2D eigenvalue weighted by Crippen LogP contribution is -2.10. The molecular weight excluding hydrogens is 184 g/mol. The van der Waals surface area contributed by atoms with Crippen molar-refractivity contribution in [2.45, 2.75) is 25.2 Å². The van der Waals surface area contributed by atoms with Crippen LogP contribution in [-0.4, -0.2) is 9.97 Å². The van der Waals surface area contributed by atoms with Gasteiger partial charge in [0.25, 0.3) is 0 Å². The van der Waals surface area contributed by atoms with Gasteiger partial charge in [0.1, 0.15) is 0 Å². The molecule has 0 saturated carbocycles. The summed E-state index contributed by atoms with van der Waals surface area (Å²) in [5, 5.41) is 0. The topological polar surface area (TPSA) is 28.7 Å². The molecule has 0 unspecified atom stereocenters. The van der Waals surface area contributed by atoms with E-state index in [1.165, 1.54) is 36.1 Å². The summed E-state index contributed by atoms with van der Waals surface area (Å²) in [7, 11) is 0. The van der Waals surface area contributed by atoms with Crippen LogP contribution in [0.1, 0.15) is 35.6 Å². The third-order valence-electron chi connectivity index (χ3n) is 3.26. The summed E-state index contributed by atoms with van der Waals surface area (Å²) in [5.41, 5.74) is 4.23.